The molecule has 0 aromatic heterocycles. The van der Waals surface area contributed by atoms with Gasteiger partial charge in [-0.3, -0.25) is 4.90 Å². The molecule has 1 unspecified atom stereocenters. The lowest BCUT2D eigenvalue weighted by Gasteiger charge is -2.39. The van der Waals surface area contributed by atoms with Crippen molar-refractivity contribution in [1.29, 1.82) is 0 Å². The van der Waals surface area contributed by atoms with Gasteiger partial charge in [0.1, 0.15) is 11.8 Å². The highest BCUT2D eigenvalue weighted by Gasteiger charge is 2.52. The SMILES string of the molecule is CCCC1(C=O)CCC(C)(C)N1C(=O)O. The Labute approximate surface area is 90.3 Å². The van der Waals surface area contributed by atoms with Crippen LogP contribution in [-0.4, -0.2) is 33.5 Å². The summed E-state index contributed by atoms with van der Waals surface area (Å²) < 4.78 is 0. The van der Waals surface area contributed by atoms with Crippen molar-refractivity contribution in [3.8, 4) is 0 Å². The minimum Gasteiger partial charge on any atom is -0.465 e. The zero-order valence-electron chi connectivity index (χ0n) is 9.62. The van der Waals surface area contributed by atoms with Crippen LogP contribution < -0.4 is 0 Å². The molecule has 1 heterocycles. The van der Waals surface area contributed by atoms with Gasteiger partial charge in [0, 0.05) is 5.54 Å². The fraction of sp³-hybridized carbons (Fsp3) is 0.818. The Morgan fingerprint density at radius 3 is 2.47 bits per heavy atom. The lowest BCUT2D eigenvalue weighted by molar-refractivity contribution is -0.118. The van der Waals surface area contributed by atoms with Crippen molar-refractivity contribution in [3.05, 3.63) is 0 Å². The molecule has 4 heteroatoms. The second-order valence-electron chi connectivity index (χ2n) is 4.90. The molecule has 15 heavy (non-hydrogen) atoms. The minimum atomic E-state index is -0.988. The third-order valence-corrected chi connectivity index (χ3v) is 3.31. The predicted molar refractivity (Wildman–Crippen MR) is 56.9 cm³/mol. The van der Waals surface area contributed by atoms with Gasteiger partial charge >= 0.3 is 6.09 Å². The van der Waals surface area contributed by atoms with Crippen molar-refractivity contribution in [1.82, 2.24) is 4.90 Å². The fourth-order valence-corrected chi connectivity index (χ4v) is 2.64. The van der Waals surface area contributed by atoms with Crippen LogP contribution in [0.3, 0.4) is 0 Å². The van der Waals surface area contributed by atoms with Crippen molar-refractivity contribution < 1.29 is 14.7 Å². The van der Waals surface area contributed by atoms with E-state index < -0.39 is 17.2 Å². The van der Waals surface area contributed by atoms with Gasteiger partial charge in [-0.1, -0.05) is 13.3 Å². The Morgan fingerprint density at radius 1 is 1.47 bits per heavy atom. The largest absolute Gasteiger partial charge is 0.465 e. The average molecular weight is 213 g/mol. The van der Waals surface area contributed by atoms with Gasteiger partial charge in [0.25, 0.3) is 0 Å². The first-order chi connectivity index (χ1) is 6.89. The van der Waals surface area contributed by atoms with E-state index in [1.807, 2.05) is 20.8 Å². The Morgan fingerprint density at radius 2 is 2.07 bits per heavy atom. The molecule has 1 saturated heterocycles. The van der Waals surface area contributed by atoms with Gasteiger partial charge in [0.15, 0.2) is 0 Å². The third kappa shape index (κ3) is 1.85. The molecule has 1 atom stereocenters. The zero-order valence-corrected chi connectivity index (χ0v) is 9.62. The van der Waals surface area contributed by atoms with Crippen LogP contribution in [0.1, 0.15) is 46.5 Å². The van der Waals surface area contributed by atoms with Crippen molar-refractivity contribution in [2.45, 2.75) is 57.5 Å². The Hall–Kier alpha value is -1.06. The van der Waals surface area contributed by atoms with Crippen molar-refractivity contribution >= 4 is 12.4 Å². The number of hydrogen-bond acceptors (Lipinski definition) is 2. The van der Waals surface area contributed by atoms with E-state index in [2.05, 4.69) is 0 Å². The number of likely N-dealkylation sites (tertiary alicyclic amines) is 1. The van der Waals surface area contributed by atoms with Crippen LogP contribution in [0.5, 0.6) is 0 Å². The van der Waals surface area contributed by atoms with Gasteiger partial charge in [-0.15, -0.1) is 0 Å². The summed E-state index contributed by atoms with van der Waals surface area (Å²) in [6, 6.07) is 0. The Balaban J connectivity index is 3.08. The number of aldehydes is 1. The lowest BCUT2D eigenvalue weighted by Crippen LogP contribution is -2.55. The van der Waals surface area contributed by atoms with Gasteiger partial charge in [-0.2, -0.15) is 0 Å². The van der Waals surface area contributed by atoms with E-state index in [0.29, 0.717) is 12.8 Å². The first-order valence-electron chi connectivity index (χ1n) is 5.39. The van der Waals surface area contributed by atoms with Gasteiger partial charge in [-0.05, 0) is 33.1 Å². The average Bonchev–Trinajstić information content (AvgIpc) is 2.39. The standard InChI is InChI=1S/C11H19NO3/c1-4-5-11(8-13)7-6-10(2,3)12(11)9(14)15/h8H,4-7H2,1-3H3,(H,14,15). The van der Waals surface area contributed by atoms with E-state index in [0.717, 1.165) is 19.1 Å². The van der Waals surface area contributed by atoms with E-state index in [9.17, 15) is 14.7 Å². The van der Waals surface area contributed by atoms with E-state index in [1.165, 1.54) is 4.90 Å². The topological polar surface area (TPSA) is 57.6 Å². The van der Waals surface area contributed by atoms with Crippen LogP contribution >= 0.6 is 0 Å². The molecule has 86 valence electrons. The van der Waals surface area contributed by atoms with Crippen molar-refractivity contribution in [3.63, 3.8) is 0 Å². The molecule has 0 aliphatic carbocycles. The summed E-state index contributed by atoms with van der Waals surface area (Å²) in [6.45, 7) is 5.72. The van der Waals surface area contributed by atoms with E-state index in [1.54, 1.807) is 0 Å². The molecule has 1 aliphatic heterocycles. The summed E-state index contributed by atoms with van der Waals surface area (Å²) in [4.78, 5) is 23.8. The molecule has 1 amide bonds. The maximum Gasteiger partial charge on any atom is 0.408 e. The summed E-state index contributed by atoms with van der Waals surface area (Å²) in [5, 5.41) is 9.21. The van der Waals surface area contributed by atoms with Crippen LogP contribution in [0.25, 0.3) is 0 Å². The first kappa shape index (κ1) is 12.0. The van der Waals surface area contributed by atoms with Crippen LogP contribution in [-0.2, 0) is 4.79 Å². The smallest absolute Gasteiger partial charge is 0.408 e. The van der Waals surface area contributed by atoms with Crippen LogP contribution in [0.4, 0.5) is 4.79 Å². The predicted octanol–water partition coefficient (Wildman–Crippen LogP) is 2.28. The van der Waals surface area contributed by atoms with E-state index in [4.69, 9.17) is 0 Å². The van der Waals surface area contributed by atoms with Gasteiger partial charge in [0.2, 0.25) is 0 Å². The molecule has 0 spiro atoms. The van der Waals surface area contributed by atoms with Gasteiger partial charge < -0.3 is 9.90 Å². The number of hydrogen-bond donors (Lipinski definition) is 1. The third-order valence-electron chi connectivity index (χ3n) is 3.31. The number of carboxylic acid groups (broad SMARTS) is 1. The highest BCUT2D eigenvalue weighted by molar-refractivity contribution is 5.77. The lowest BCUT2D eigenvalue weighted by atomic mass is 9.93. The fourth-order valence-electron chi connectivity index (χ4n) is 2.64. The molecule has 1 fully saturated rings. The Kier molecular flexibility index (Phi) is 3.07. The first-order valence-corrected chi connectivity index (χ1v) is 5.39. The van der Waals surface area contributed by atoms with E-state index in [-0.39, 0.29) is 0 Å². The summed E-state index contributed by atoms with van der Waals surface area (Å²) in [7, 11) is 0. The second-order valence-corrected chi connectivity index (χ2v) is 4.90. The highest BCUT2D eigenvalue weighted by Crippen LogP contribution is 2.42. The Bertz CT molecular complexity index is 275. The van der Waals surface area contributed by atoms with Gasteiger partial charge in [0.05, 0.1) is 0 Å². The number of carbonyl (C=O) groups excluding carboxylic acids is 1. The quantitative estimate of drug-likeness (QED) is 0.732. The van der Waals surface area contributed by atoms with E-state index >= 15 is 0 Å². The molecule has 1 aliphatic rings. The number of nitrogens with zero attached hydrogens (tertiary/aromatic N) is 1. The summed E-state index contributed by atoms with van der Waals surface area (Å²) >= 11 is 0. The molecule has 4 nitrogen and oxygen atoms in total. The molecular formula is C11H19NO3. The molecule has 1 rings (SSSR count). The molecule has 0 aromatic carbocycles. The van der Waals surface area contributed by atoms with Crippen LogP contribution in [0.2, 0.25) is 0 Å². The molecular weight excluding hydrogens is 194 g/mol. The zero-order chi connectivity index (χ0) is 11.7. The molecule has 0 saturated carbocycles. The monoisotopic (exact) mass is 213 g/mol. The summed E-state index contributed by atoms with van der Waals surface area (Å²) in [6.07, 6.45) is 2.66. The second kappa shape index (κ2) is 3.83. The van der Waals surface area contributed by atoms with Crippen molar-refractivity contribution in [2.24, 2.45) is 0 Å². The number of carbonyl (C=O) groups is 2. The minimum absolute atomic E-state index is 0.429. The molecule has 1 N–H and O–H groups in total. The normalized spacial score (nSPS) is 29.1. The number of rotatable bonds is 3. The summed E-state index contributed by atoms with van der Waals surface area (Å²) in [5.41, 5.74) is -1.22. The number of amides is 1. The van der Waals surface area contributed by atoms with Crippen LogP contribution in [0, 0.1) is 0 Å². The van der Waals surface area contributed by atoms with Gasteiger partial charge in [-0.25, -0.2) is 4.79 Å². The molecule has 0 aromatic rings. The maximum atomic E-state index is 11.2. The molecule has 0 radical (unpaired) electrons. The van der Waals surface area contributed by atoms with Crippen LogP contribution in [0.15, 0.2) is 0 Å². The maximum absolute atomic E-state index is 11.2. The van der Waals surface area contributed by atoms with Crippen molar-refractivity contribution in [2.75, 3.05) is 0 Å². The summed E-state index contributed by atoms with van der Waals surface area (Å²) in [5.74, 6) is 0. The molecule has 0 bridgehead atoms. The highest BCUT2D eigenvalue weighted by atomic mass is 16.4.